The van der Waals surface area contributed by atoms with Crippen LogP contribution in [0.15, 0.2) is 24.3 Å². The fourth-order valence-corrected chi connectivity index (χ4v) is 1.63. The fourth-order valence-electron chi connectivity index (χ4n) is 1.63. The Morgan fingerprint density at radius 1 is 0.944 bits per heavy atom. The van der Waals surface area contributed by atoms with Gasteiger partial charge in [0.15, 0.2) is 0 Å². The van der Waals surface area contributed by atoms with Crippen molar-refractivity contribution in [1.82, 2.24) is 0 Å². The van der Waals surface area contributed by atoms with Crippen molar-refractivity contribution in [2.45, 2.75) is 52.4 Å². The van der Waals surface area contributed by atoms with Gasteiger partial charge in [0, 0.05) is 12.8 Å². The summed E-state index contributed by atoms with van der Waals surface area (Å²) in [5.74, 6) is 0. The molecule has 0 spiro atoms. The summed E-state index contributed by atoms with van der Waals surface area (Å²) in [7, 11) is 0. The summed E-state index contributed by atoms with van der Waals surface area (Å²) in [6, 6.07) is 8.44. The van der Waals surface area contributed by atoms with Crippen molar-refractivity contribution in [3.63, 3.8) is 0 Å². The Morgan fingerprint density at radius 2 is 1.50 bits per heavy atom. The van der Waals surface area contributed by atoms with E-state index >= 15 is 0 Å². The van der Waals surface area contributed by atoms with E-state index in [4.69, 9.17) is 0 Å². The molecule has 1 aromatic rings. The number of aldehydes is 2. The highest BCUT2D eigenvalue weighted by molar-refractivity contribution is 5.50. The van der Waals surface area contributed by atoms with Crippen LogP contribution < -0.4 is 0 Å². The Kier molecular flexibility index (Phi) is 11.1. The van der Waals surface area contributed by atoms with Crippen LogP contribution in [-0.2, 0) is 22.4 Å². The Hall–Kier alpha value is -1.44. The smallest absolute Gasteiger partial charge is 0.120 e. The molecule has 2 heteroatoms. The number of aryl methyl sites for hydroxylation is 2. The molecule has 18 heavy (non-hydrogen) atoms. The van der Waals surface area contributed by atoms with Crippen LogP contribution in [0.25, 0.3) is 0 Å². The lowest BCUT2D eigenvalue weighted by Crippen LogP contribution is -1.94. The third-order valence-electron chi connectivity index (χ3n) is 2.62. The summed E-state index contributed by atoms with van der Waals surface area (Å²) in [6.07, 6.45) is 7.65. The topological polar surface area (TPSA) is 34.1 Å². The second-order valence-electron chi connectivity index (χ2n) is 4.15. The first kappa shape index (κ1) is 16.6. The number of hydrogen-bond acceptors (Lipinski definition) is 2. The molecule has 0 bridgehead atoms. The maximum atomic E-state index is 10.3. The molecule has 0 aliphatic heterocycles. The lowest BCUT2D eigenvalue weighted by Gasteiger charge is -2.06. The van der Waals surface area contributed by atoms with E-state index in [0.29, 0.717) is 12.8 Å². The number of unbranched alkanes of at least 4 members (excludes halogenated alkanes) is 1. The van der Waals surface area contributed by atoms with Crippen molar-refractivity contribution in [1.29, 1.82) is 0 Å². The molecule has 0 aliphatic carbocycles. The normalized spacial score (nSPS) is 9.22. The predicted octanol–water partition coefficient (Wildman–Crippen LogP) is 3.76. The van der Waals surface area contributed by atoms with E-state index in [2.05, 4.69) is 31.2 Å². The summed E-state index contributed by atoms with van der Waals surface area (Å²) < 4.78 is 0. The van der Waals surface area contributed by atoms with Gasteiger partial charge >= 0.3 is 0 Å². The van der Waals surface area contributed by atoms with Gasteiger partial charge in [0.05, 0.1) is 0 Å². The van der Waals surface area contributed by atoms with Crippen molar-refractivity contribution >= 4 is 12.6 Å². The second kappa shape index (κ2) is 12.0. The van der Waals surface area contributed by atoms with Gasteiger partial charge in [-0.15, -0.1) is 0 Å². The standard InChI is InChI=1S/C13H18O.C3H6O/c1-2-3-7-12-8-4-5-9-13(12)10-6-11-14;1-2-3-4/h4-5,8-9,11H,2-3,6-7,10H2,1H3;3H,2H2,1H3. The molecule has 1 aromatic carbocycles. The second-order valence-corrected chi connectivity index (χ2v) is 4.15. The zero-order chi connectivity index (χ0) is 13.6. The molecule has 0 unspecified atom stereocenters. The van der Waals surface area contributed by atoms with Gasteiger partial charge in [0.1, 0.15) is 12.6 Å². The molecule has 0 radical (unpaired) electrons. The summed E-state index contributed by atoms with van der Waals surface area (Å²) in [5, 5.41) is 0. The first-order valence-electron chi connectivity index (χ1n) is 6.74. The number of carbonyl (C=O) groups is 2. The minimum Gasteiger partial charge on any atom is -0.303 e. The molecule has 0 N–H and O–H groups in total. The average Bonchev–Trinajstić information content (AvgIpc) is 2.44. The lowest BCUT2D eigenvalue weighted by atomic mass is 9.99. The molecule has 0 saturated carbocycles. The Bertz CT molecular complexity index is 332. The van der Waals surface area contributed by atoms with Crippen LogP contribution in [-0.4, -0.2) is 12.6 Å². The van der Waals surface area contributed by atoms with E-state index in [1.165, 1.54) is 24.0 Å². The van der Waals surface area contributed by atoms with Crippen molar-refractivity contribution in [2.24, 2.45) is 0 Å². The molecule has 0 aliphatic rings. The van der Waals surface area contributed by atoms with Crippen LogP contribution >= 0.6 is 0 Å². The van der Waals surface area contributed by atoms with Crippen molar-refractivity contribution in [3.8, 4) is 0 Å². The van der Waals surface area contributed by atoms with Crippen LogP contribution in [0.1, 0.15) is 50.7 Å². The van der Waals surface area contributed by atoms with E-state index < -0.39 is 0 Å². The summed E-state index contributed by atoms with van der Waals surface area (Å²) >= 11 is 0. The summed E-state index contributed by atoms with van der Waals surface area (Å²) in [6.45, 7) is 4.01. The van der Waals surface area contributed by atoms with E-state index in [1.807, 2.05) is 6.92 Å². The van der Waals surface area contributed by atoms with Gasteiger partial charge in [0.2, 0.25) is 0 Å². The van der Waals surface area contributed by atoms with Crippen molar-refractivity contribution in [3.05, 3.63) is 35.4 Å². The van der Waals surface area contributed by atoms with Crippen LogP contribution in [0.3, 0.4) is 0 Å². The molecule has 0 aromatic heterocycles. The largest absolute Gasteiger partial charge is 0.303 e. The maximum absolute atomic E-state index is 10.3. The van der Waals surface area contributed by atoms with Gasteiger partial charge in [-0.25, -0.2) is 0 Å². The van der Waals surface area contributed by atoms with Gasteiger partial charge in [0.25, 0.3) is 0 Å². The zero-order valence-corrected chi connectivity index (χ0v) is 11.5. The zero-order valence-electron chi connectivity index (χ0n) is 11.5. The van der Waals surface area contributed by atoms with Gasteiger partial charge < -0.3 is 9.59 Å². The average molecular weight is 248 g/mol. The minimum absolute atomic E-state index is 0.639. The summed E-state index contributed by atoms with van der Waals surface area (Å²) in [5.41, 5.74) is 2.75. The minimum atomic E-state index is 0.639. The van der Waals surface area contributed by atoms with Gasteiger partial charge in [-0.05, 0) is 30.4 Å². The highest BCUT2D eigenvalue weighted by atomic mass is 16.1. The summed E-state index contributed by atoms with van der Waals surface area (Å²) in [4.78, 5) is 19.5. The molecule has 100 valence electrons. The highest BCUT2D eigenvalue weighted by Gasteiger charge is 2.00. The third-order valence-corrected chi connectivity index (χ3v) is 2.62. The van der Waals surface area contributed by atoms with E-state index in [9.17, 15) is 9.59 Å². The number of rotatable bonds is 7. The Labute approximate surface area is 110 Å². The number of carbonyl (C=O) groups excluding carboxylic acids is 2. The predicted molar refractivity (Wildman–Crippen MR) is 75.8 cm³/mol. The van der Waals surface area contributed by atoms with E-state index in [0.717, 1.165) is 25.4 Å². The monoisotopic (exact) mass is 248 g/mol. The van der Waals surface area contributed by atoms with Gasteiger partial charge in [-0.1, -0.05) is 44.5 Å². The fraction of sp³-hybridized carbons (Fsp3) is 0.500. The Balaban J connectivity index is 0.000000631. The highest BCUT2D eigenvalue weighted by Crippen LogP contribution is 2.13. The molecule has 0 atom stereocenters. The maximum Gasteiger partial charge on any atom is 0.120 e. The first-order chi connectivity index (χ1) is 8.79. The molecule has 2 nitrogen and oxygen atoms in total. The van der Waals surface area contributed by atoms with Crippen LogP contribution in [0.5, 0.6) is 0 Å². The van der Waals surface area contributed by atoms with Crippen LogP contribution in [0.2, 0.25) is 0 Å². The molecule has 0 amide bonds. The van der Waals surface area contributed by atoms with Crippen molar-refractivity contribution < 1.29 is 9.59 Å². The number of benzene rings is 1. The van der Waals surface area contributed by atoms with Crippen LogP contribution in [0.4, 0.5) is 0 Å². The molecule has 1 rings (SSSR count). The SMILES string of the molecule is CCC=O.CCCCc1ccccc1CCC=O. The van der Waals surface area contributed by atoms with Crippen molar-refractivity contribution in [2.75, 3.05) is 0 Å². The molecule has 0 saturated heterocycles. The van der Waals surface area contributed by atoms with E-state index in [-0.39, 0.29) is 0 Å². The van der Waals surface area contributed by atoms with Gasteiger partial charge in [-0.3, -0.25) is 0 Å². The first-order valence-corrected chi connectivity index (χ1v) is 6.74. The molecular formula is C16H24O2. The molecular weight excluding hydrogens is 224 g/mol. The van der Waals surface area contributed by atoms with E-state index in [1.54, 1.807) is 0 Å². The molecule has 0 fully saturated rings. The Morgan fingerprint density at radius 3 is 1.94 bits per heavy atom. The third kappa shape index (κ3) is 7.77. The van der Waals surface area contributed by atoms with Gasteiger partial charge in [-0.2, -0.15) is 0 Å². The van der Waals surface area contributed by atoms with Crippen LogP contribution in [0, 0.1) is 0 Å². The quantitative estimate of drug-likeness (QED) is 0.689. The lowest BCUT2D eigenvalue weighted by molar-refractivity contribution is -0.108. The molecule has 0 heterocycles. The number of hydrogen-bond donors (Lipinski definition) is 0.